The SMILES string of the molecule is CCCNC(c1cc(F)cc(Br)c1)c1cnccc1C. The van der Waals surface area contributed by atoms with Crippen LogP contribution in [-0.4, -0.2) is 11.5 Å². The highest BCUT2D eigenvalue weighted by molar-refractivity contribution is 9.10. The van der Waals surface area contributed by atoms with Crippen LogP contribution in [0.15, 0.2) is 41.1 Å². The number of aryl methyl sites for hydroxylation is 1. The summed E-state index contributed by atoms with van der Waals surface area (Å²) in [4.78, 5) is 4.20. The predicted molar refractivity (Wildman–Crippen MR) is 83.2 cm³/mol. The molecule has 0 saturated carbocycles. The molecule has 0 saturated heterocycles. The summed E-state index contributed by atoms with van der Waals surface area (Å²) in [5.41, 5.74) is 3.13. The quantitative estimate of drug-likeness (QED) is 0.876. The molecule has 1 N–H and O–H groups in total. The summed E-state index contributed by atoms with van der Waals surface area (Å²) in [5, 5.41) is 3.47. The van der Waals surface area contributed by atoms with E-state index in [4.69, 9.17) is 0 Å². The van der Waals surface area contributed by atoms with Crippen molar-refractivity contribution < 1.29 is 4.39 Å². The highest BCUT2D eigenvalue weighted by atomic mass is 79.9. The molecule has 2 rings (SSSR count). The molecule has 0 spiro atoms. The minimum atomic E-state index is -0.237. The van der Waals surface area contributed by atoms with Gasteiger partial charge in [-0.15, -0.1) is 0 Å². The van der Waals surface area contributed by atoms with Crippen LogP contribution in [0.2, 0.25) is 0 Å². The number of halogens is 2. The van der Waals surface area contributed by atoms with Gasteiger partial charge in [0.25, 0.3) is 0 Å². The number of benzene rings is 1. The maximum atomic E-state index is 13.7. The van der Waals surface area contributed by atoms with Crippen molar-refractivity contribution in [2.75, 3.05) is 6.54 Å². The van der Waals surface area contributed by atoms with Gasteiger partial charge in [0.05, 0.1) is 6.04 Å². The van der Waals surface area contributed by atoms with Crippen LogP contribution in [0, 0.1) is 12.7 Å². The molecule has 0 bridgehead atoms. The Bertz CT molecular complexity index is 566. The Morgan fingerprint density at radius 1 is 1.35 bits per heavy atom. The number of nitrogens with one attached hydrogen (secondary N) is 1. The number of rotatable bonds is 5. The van der Waals surface area contributed by atoms with E-state index in [0.717, 1.165) is 34.1 Å². The molecule has 2 aromatic rings. The van der Waals surface area contributed by atoms with Gasteiger partial charge in [0.15, 0.2) is 0 Å². The van der Waals surface area contributed by atoms with E-state index in [1.54, 1.807) is 12.3 Å². The molecule has 0 fully saturated rings. The van der Waals surface area contributed by atoms with Crippen molar-refractivity contribution in [3.63, 3.8) is 0 Å². The van der Waals surface area contributed by atoms with Crippen LogP contribution >= 0.6 is 15.9 Å². The average Bonchev–Trinajstić information content (AvgIpc) is 2.40. The Morgan fingerprint density at radius 3 is 2.80 bits per heavy atom. The molecule has 106 valence electrons. The molecule has 1 atom stereocenters. The highest BCUT2D eigenvalue weighted by Gasteiger charge is 2.17. The van der Waals surface area contributed by atoms with Crippen molar-refractivity contribution >= 4 is 15.9 Å². The molecule has 1 aromatic carbocycles. The number of aromatic nitrogens is 1. The number of hydrogen-bond donors (Lipinski definition) is 1. The second-order valence-electron chi connectivity index (χ2n) is 4.82. The first-order chi connectivity index (χ1) is 9.61. The third kappa shape index (κ3) is 3.64. The van der Waals surface area contributed by atoms with E-state index in [9.17, 15) is 4.39 Å². The van der Waals surface area contributed by atoms with E-state index in [1.165, 1.54) is 6.07 Å². The van der Waals surface area contributed by atoms with E-state index < -0.39 is 0 Å². The fourth-order valence-electron chi connectivity index (χ4n) is 2.22. The first-order valence-corrected chi connectivity index (χ1v) is 7.51. The van der Waals surface area contributed by atoms with Crippen LogP contribution in [-0.2, 0) is 0 Å². The number of pyridine rings is 1. The van der Waals surface area contributed by atoms with E-state index >= 15 is 0 Å². The van der Waals surface area contributed by atoms with E-state index in [-0.39, 0.29) is 11.9 Å². The fraction of sp³-hybridized carbons (Fsp3) is 0.312. The lowest BCUT2D eigenvalue weighted by atomic mass is 9.96. The topological polar surface area (TPSA) is 24.9 Å². The lowest BCUT2D eigenvalue weighted by Gasteiger charge is -2.21. The second-order valence-corrected chi connectivity index (χ2v) is 5.74. The first-order valence-electron chi connectivity index (χ1n) is 6.71. The van der Waals surface area contributed by atoms with Gasteiger partial charge in [0, 0.05) is 16.9 Å². The predicted octanol–water partition coefficient (Wildman–Crippen LogP) is 4.38. The van der Waals surface area contributed by atoms with Crippen molar-refractivity contribution in [2.24, 2.45) is 0 Å². The Kier molecular flexibility index (Phi) is 5.26. The van der Waals surface area contributed by atoms with E-state index in [1.807, 2.05) is 25.3 Å². The van der Waals surface area contributed by atoms with Crippen LogP contribution < -0.4 is 5.32 Å². The van der Waals surface area contributed by atoms with Gasteiger partial charge in [-0.2, -0.15) is 0 Å². The Morgan fingerprint density at radius 2 is 2.15 bits per heavy atom. The molecule has 1 unspecified atom stereocenters. The molecular weight excluding hydrogens is 319 g/mol. The zero-order valence-electron chi connectivity index (χ0n) is 11.7. The van der Waals surface area contributed by atoms with Crippen molar-refractivity contribution in [3.05, 3.63) is 63.6 Å². The Hall–Kier alpha value is -1.26. The summed E-state index contributed by atoms with van der Waals surface area (Å²) in [6.45, 7) is 5.03. The third-order valence-electron chi connectivity index (χ3n) is 3.21. The van der Waals surface area contributed by atoms with Crippen LogP contribution in [0.1, 0.15) is 36.1 Å². The smallest absolute Gasteiger partial charge is 0.124 e. The molecule has 0 radical (unpaired) electrons. The van der Waals surface area contributed by atoms with E-state index in [0.29, 0.717) is 0 Å². The number of nitrogens with zero attached hydrogens (tertiary/aromatic N) is 1. The lowest BCUT2D eigenvalue weighted by Crippen LogP contribution is -2.24. The molecule has 0 aliphatic rings. The molecule has 20 heavy (non-hydrogen) atoms. The molecular formula is C16H18BrFN2. The van der Waals surface area contributed by atoms with Gasteiger partial charge < -0.3 is 5.32 Å². The summed E-state index contributed by atoms with van der Waals surface area (Å²) < 4.78 is 14.4. The zero-order chi connectivity index (χ0) is 14.5. The molecule has 1 aromatic heterocycles. The minimum absolute atomic E-state index is 0.0457. The second kappa shape index (κ2) is 6.95. The molecule has 0 aliphatic carbocycles. The molecule has 1 heterocycles. The van der Waals surface area contributed by atoms with E-state index in [2.05, 4.69) is 33.2 Å². The van der Waals surface area contributed by atoms with Gasteiger partial charge in [-0.3, -0.25) is 4.98 Å². The zero-order valence-corrected chi connectivity index (χ0v) is 13.2. The monoisotopic (exact) mass is 336 g/mol. The van der Waals surface area contributed by atoms with Crippen molar-refractivity contribution in [1.82, 2.24) is 10.3 Å². The van der Waals surface area contributed by atoms with Crippen LogP contribution in [0.25, 0.3) is 0 Å². The minimum Gasteiger partial charge on any atom is -0.306 e. The summed E-state index contributed by atoms with van der Waals surface area (Å²) in [6.07, 6.45) is 4.64. The largest absolute Gasteiger partial charge is 0.306 e. The van der Waals surface area contributed by atoms with Gasteiger partial charge in [-0.25, -0.2) is 4.39 Å². The Labute approximate surface area is 127 Å². The van der Waals surface area contributed by atoms with Crippen LogP contribution in [0.3, 0.4) is 0 Å². The molecule has 4 heteroatoms. The van der Waals surface area contributed by atoms with Crippen LogP contribution in [0.5, 0.6) is 0 Å². The van der Waals surface area contributed by atoms with Crippen LogP contribution in [0.4, 0.5) is 4.39 Å². The van der Waals surface area contributed by atoms with Gasteiger partial charge in [-0.1, -0.05) is 22.9 Å². The molecule has 0 amide bonds. The standard InChI is InChI=1S/C16H18BrFN2/c1-3-5-20-16(15-10-19-6-4-11(15)2)12-7-13(17)9-14(18)8-12/h4,6-10,16,20H,3,5H2,1-2H3. The summed E-state index contributed by atoms with van der Waals surface area (Å²) in [5.74, 6) is -0.237. The molecule has 0 aliphatic heterocycles. The average molecular weight is 337 g/mol. The highest BCUT2D eigenvalue weighted by Crippen LogP contribution is 2.27. The number of hydrogen-bond acceptors (Lipinski definition) is 2. The summed E-state index contributed by atoms with van der Waals surface area (Å²) in [7, 11) is 0. The maximum Gasteiger partial charge on any atom is 0.124 e. The van der Waals surface area contributed by atoms with Gasteiger partial charge in [0.2, 0.25) is 0 Å². The summed E-state index contributed by atoms with van der Waals surface area (Å²) >= 11 is 3.36. The van der Waals surface area contributed by atoms with Crippen molar-refractivity contribution in [1.29, 1.82) is 0 Å². The summed E-state index contributed by atoms with van der Waals surface area (Å²) in [6, 6.07) is 6.92. The van der Waals surface area contributed by atoms with Gasteiger partial charge in [0.1, 0.15) is 5.82 Å². The lowest BCUT2D eigenvalue weighted by molar-refractivity contribution is 0.582. The normalized spacial score (nSPS) is 12.4. The third-order valence-corrected chi connectivity index (χ3v) is 3.67. The molecule has 2 nitrogen and oxygen atoms in total. The van der Waals surface area contributed by atoms with Gasteiger partial charge in [-0.05, 0) is 60.8 Å². The van der Waals surface area contributed by atoms with Crippen molar-refractivity contribution in [2.45, 2.75) is 26.3 Å². The fourth-order valence-corrected chi connectivity index (χ4v) is 2.70. The van der Waals surface area contributed by atoms with Gasteiger partial charge >= 0.3 is 0 Å². The maximum absolute atomic E-state index is 13.7. The Balaban J connectivity index is 2.44. The first kappa shape index (κ1) is 15.1. The van der Waals surface area contributed by atoms with Crippen molar-refractivity contribution in [3.8, 4) is 0 Å².